The number of hydrogen-bond donors (Lipinski definition) is 0. The van der Waals surface area contributed by atoms with Crippen molar-refractivity contribution in [2.24, 2.45) is 0 Å². The molecule has 0 saturated carbocycles. The van der Waals surface area contributed by atoms with E-state index >= 15 is 0 Å². The smallest absolute Gasteiger partial charge is 0.101 e. The Morgan fingerprint density at radius 2 is 0.793 bits per heavy atom. The van der Waals surface area contributed by atoms with Crippen LogP contribution in [0.3, 0.4) is 0 Å². The maximum absolute atomic E-state index is 2.67. The second kappa shape index (κ2) is 19.3. The van der Waals surface area contributed by atoms with E-state index in [1.54, 1.807) is 0 Å². The molecule has 1 aliphatic rings. The van der Waals surface area contributed by atoms with Crippen molar-refractivity contribution in [1.82, 2.24) is 9.80 Å². The maximum Gasteiger partial charge on any atom is 0.101 e. The van der Waals surface area contributed by atoms with Crippen molar-refractivity contribution < 1.29 is 0 Å². The first kappa shape index (κ1) is 26.4. The molecule has 0 spiro atoms. The summed E-state index contributed by atoms with van der Waals surface area (Å²) in [5, 5.41) is 0. The van der Waals surface area contributed by atoms with Gasteiger partial charge in [-0.05, 0) is 25.7 Å². The molecule has 0 aromatic rings. The average molecular weight is 407 g/mol. The minimum atomic E-state index is 0.645. The molecule has 1 rings (SSSR count). The lowest BCUT2D eigenvalue weighted by atomic mass is 10.1. The molecule has 2 heteroatoms. The molecule has 1 aliphatic heterocycles. The lowest BCUT2D eigenvalue weighted by Gasteiger charge is -2.33. The van der Waals surface area contributed by atoms with Gasteiger partial charge >= 0.3 is 0 Å². The summed E-state index contributed by atoms with van der Waals surface area (Å²) in [5.41, 5.74) is 0. The van der Waals surface area contributed by atoms with E-state index in [0.29, 0.717) is 6.17 Å². The van der Waals surface area contributed by atoms with Crippen LogP contribution in [0, 0.1) is 0 Å². The molecule has 0 atom stereocenters. The highest BCUT2D eigenvalue weighted by Crippen LogP contribution is 2.23. The van der Waals surface area contributed by atoms with E-state index in [0.717, 1.165) is 0 Å². The normalized spacial score (nSPS) is 14.4. The molecular weight excluding hydrogens is 352 g/mol. The molecule has 0 aliphatic carbocycles. The first-order valence-corrected chi connectivity index (χ1v) is 13.5. The van der Waals surface area contributed by atoms with Crippen LogP contribution >= 0.6 is 0 Å². The summed E-state index contributed by atoms with van der Waals surface area (Å²) in [7, 11) is 0. The predicted octanol–water partition coefficient (Wildman–Crippen LogP) is 8.87. The molecule has 0 fully saturated rings. The van der Waals surface area contributed by atoms with Gasteiger partial charge in [0.2, 0.25) is 0 Å². The van der Waals surface area contributed by atoms with Gasteiger partial charge in [-0.15, -0.1) is 0 Å². The van der Waals surface area contributed by atoms with E-state index in [4.69, 9.17) is 0 Å². The van der Waals surface area contributed by atoms with Crippen LogP contribution in [0.15, 0.2) is 12.4 Å². The predicted molar refractivity (Wildman–Crippen MR) is 131 cm³/mol. The molecule has 0 amide bonds. The lowest BCUT2D eigenvalue weighted by Crippen LogP contribution is -2.39. The van der Waals surface area contributed by atoms with Crippen molar-refractivity contribution in [3.63, 3.8) is 0 Å². The number of nitrogens with zero attached hydrogens (tertiary/aromatic N) is 2. The van der Waals surface area contributed by atoms with Crippen LogP contribution < -0.4 is 0 Å². The second-order valence-electron chi connectivity index (χ2n) is 9.35. The van der Waals surface area contributed by atoms with E-state index in [1.165, 1.54) is 135 Å². The van der Waals surface area contributed by atoms with Crippen molar-refractivity contribution in [1.29, 1.82) is 0 Å². The molecule has 0 unspecified atom stereocenters. The molecule has 0 N–H and O–H groups in total. The van der Waals surface area contributed by atoms with E-state index in [9.17, 15) is 0 Å². The Hall–Kier alpha value is -0.660. The van der Waals surface area contributed by atoms with Gasteiger partial charge in [-0.2, -0.15) is 0 Å². The standard InChI is InChI=1S/C27H54N2/c1-4-7-10-13-15-17-20-23-28-25-26-29(27(28)22-19-12-9-6-3)24-21-18-16-14-11-8-5-2/h25-27H,4-24H2,1-3H3. The van der Waals surface area contributed by atoms with E-state index in [2.05, 4.69) is 43.0 Å². The summed E-state index contributed by atoms with van der Waals surface area (Å²) in [6.45, 7) is 9.44. The van der Waals surface area contributed by atoms with E-state index in [-0.39, 0.29) is 0 Å². The van der Waals surface area contributed by atoms with Crippen molar-refractivity contribution in [2.45, 2.75) is 149 Å². The van der Waals surface area contributed by atoms with Crippen molar-refractivity contribution >= 4 is 0 Å². The van der Waals surface area contributed by atoms with E-state index < -0.39 is 0 Å². The fourth-order valence-electron chi connectivity index (χ4n) is 4.60. The minimum absolute atomic E-state index is 0.645. The van der Waals surface area contributed by atoms with Gasteiger partial charge in [-0.3, -0.25) is 0 Å². The number of rotatable bonds is 21. The molecule has 0 radical (unpaired) electrons. The second-order valence-corrected chi connectivity index (χ2v) is 9.35. The molecule has 0 aromatic heterocycles. The maximum atomic E-state index is 2.67. The van der Waals surface area contributed by atoms with Crippen LogP contribution in [-0.2, 0) is 0 Å². The highest BCUT2D eigenvalue weighted by atomic mass is 15.4. The summed E-state index contributed by atoms with van der Waals surface area (Å²) < 4.78 is 0. The van der Waals surface area contributed by atoms with Crippen molar-refractivity contribution in [3.8, 4) is 0 Å². The summed E-state index contributed by atoms with van der Waals surface area (Å²) in [5.74, 6) is 0. The first-order valence-electron chi connectivity index (χ1n) is 13.5. The molecular formula is C27H54N2. The third-order valence-corrected chi connectivity index (χ3v) is 6.57. The van der Waals surface area contributed by atoms with Crippen LogP contribution in [0.5, 0.6) is 0 Å². The Morgan fingerprint density at radius 1 is 0.448 bits per heavy atom. The molecule has 29 heavy (non-hydrogen) atoms. The third-order valence-electron chi connectivity index (χ3n) is 6.57. The molecule has 0 saturated heterocycles. The monoisotopic (exact) mass is 406 g/mol. The molecule has 2 nitrogen and oxygen atoms in total. The fraction of sp³-hybridized carbons (Fsp3) is 0.926. The van der Waals surface area contributed by atoms with Gasteiger partial charge in [0.1, 0.15) is 6.17 Å². The zero-order valence-corrected chi connectivity index (χ0v) is 20.5. The first-order chi connectivity index (χ1) is 14.3. The average Bonchev–Trinajstić information content (AvgIpc) is 3.11. The topological polar surface area (TPSA) is 6.48 Å². The highest BCUT2D eigenvalue weighted by molar-refractivity contribution is 4.96. The number of unbranched alkanes of at least 4 members (excludes halogenated alkanes) is 15. The van der Waals surface area contributed by atoms with Gasteiger partial charge in [0.25, 0.3) is 0 Å². The van der Waals surface area contributed by atoms with Gasteiger partial charge in [0.15, 0.2) is 0 Å². The zero-order valence-electron chi connectivity index (χ0n) is 20.5. The van der Waals surface area contributed by atoms with Gasteiger partial charge in [-0.25, -0.2) is 0 Å². The fourth-order valence-corrected chi connectivity index (χ4v) is 4.60. The number of hydrogen-bond acceptors (Lipinski definition) is 2. The Bertz CT molecular complexity index is 338. The highest BCUT2D eigenvalue weighted by Gasteiger charge is 2.24. The molecule has 172 valence electrons. The Kier molecular flexibility index (Phi) is 17.6. The minimum Gasteiger partial charge on any atom is -0.356 e. The van der Waals surface area contributed by atoms with E-state index in [1.807, 2.05) is 0 Å². The van der Waals surface area contributed by atoms with Crippen LogP contribution in [0.25, 0.3) is 0 Å². The Morgan fingerprint density at radius 3 is 1.21 bits per heavy atom. The Labute approximate surface area is 184 Å². The Balaban J connectivity index is 2.27. The van der Waals surface area contributed by atoms with Crippen LogP contribution in [0.1, 0.15) is 143 Å². The summed E-state index contributed by atoms with van der Waals surface area (Å²) in [6.07, 6.45) is 32.1. The van der Waals surface area contributed by atoms with Crippen molar-refractivity contribution in [2.75, 3.05) is 13.1 Å². The van der Waals surface area contributed by atoms with Gasteiger partial charge in [0, 0.05) is 25.5 Å². The van der Waals surface area contributed by atoms with Gasteiger partial charge < -0.3 is 9.80 Å². The summed E-state index contributed by atoms with van der Waals surface area (Å²) >= 11 is 0. The van der Waals surface area contributed by atoms with Gasteiger partial charge in [-0.1, -0.05) is 117 Å². The quantitative estimate of drug-likeness (QED) is 0.176. The summed E-state index contributed by atoms with van der Waals surface area (Å²) in [4.78, 5) is 5.33. The van der Waals surface area contributed by atoms with Crippen molar-refractivity contribution in [3.05, 3.63) is 12.4 Å². The summed E-state index contributed by atoms with van der Waals surface area (Å²) in [6, 6.07) is 0. The molecule has 0 bridgehead atoms. The van der Waals surface area contributed by atoms with Crippen LogP contribution in [0.2, 0.25) is 0 Å². The largest absolute Gasteiger partial charge is 0.356 e. The molecule has 0 aromatic carbocycles. The molecule has 1 heterocycles. The third kappa shape index (κ3) is 13.3. The zero-order chi connectivity index (χ0) is 21.0. The van der Waals surface area contributed by atoms with Gasteiger partial charge in [0.05, 0.1) is 0 Å². The lowest BCUT2D eigenvalue weighted by molar-refractivity contribution is 0.135. The van der Waals surface area contributed by atoms with Crippen LogP contribution in [0.4, 0.5) is 0 Å². The van der Waals surface area contributed by atoms with Crippen LogP contribution in [-0.4, -0.2) is 29.1 Å². The SMILES string of the molecule is CCCCCCCCCN1C=CN(CCCCCCCCC)C1CCCCCC.